The third-order valence-electron chi connectivity index (χ3n) is 4.56. The van der Waals surface area contributed by atoms with Crippen molar-refractivity contribution in [1.29, 1.82) is 0 Å². The number of aryl methyl sites for hydroxylation is 1. The number of piperidine rings is 1. The number of hydrogen-bond donors (Lipinski definition) is 2. The van der Waals surface area contributed by atoms with Crippen LogP contribution in [0.3, 0.4) is 0 Å². The molecule has 126 valence electrons. The van der Waals surface area contributed by atoms with Gasteiger partial charge in [-0.3, -0.25) is 4.79 Å². The molecule has 4 heteroatoms. The van der Waals surface area contributed by atoms with E-state index in [9.17, 15) is 9.18 Å². The van der Waals surface area contributed by atoms with Crippen LogP contribution in [-0.4, -0.2) is 24.5 Å². The maximum Gasteiger partial charge on any atom is 0.254 e. The molecule has 1 aliphatic heterocycles. The largest absolute Gasteiger partial charge is 0.349 e. The Morgan fingerprint density at radius 3 is 2.54 bits per heavy atom. The minimum Gasteiger partial charge on any atom is -0.349 e. The van der Waals surface area contributed by atoms with Gasteiger partial charge < -0.3 is 10.6 Å². The van der Waals surface area contributed by atoms with E-state index in [-0.39, 0.29) is 17.5 Å². The van der Waals surface area contributed by atoms with Gasteiger partial charge in [0, 0.05) is 12.1 Å². The van der Waals surface area contributed by atoms with E-state index in [1.54, 1.807) is 12.1 Å². The lowest BCUT2D eigenvalue weighted by molar-refractivity contribution is 0.0921. The molecule has 0 saturated carbocycles. The van der Waals surface area contributed by atoms with Gasteiger partial charge in [-0.15, -0.1) is 0 Å². The van der Waals surface area contributed by atoms with Crippen molar-refractivity contribution in [1.82, 2.24) is 10.6 Å². The van der Waals surface area contributed by atoms with Crippen LogP contribution in [0, 0.1) is 12.7 Å². The zero-order valence-corrected chi connectivity index (χ0v) is 14.1. The van der Waals surface area contributed by atoms with Gasteiger partial charge in [0.25, 0.3) is 5.91 Å². The maximum atomic E-state index is 14.4. The molecule has 0 bridgehead atoms. The van der Waals surface area contributed by atoms with Gasteiger partial charge in [-0.05, 0) is 56.5 Å². The zero-order chi connectivity index (χ0) is 17.1. The average Bonchev–Trinajstić information content (AvgIpc) is 2.55. The summed E-state index contributed by atoms with van der Waals surface area (Å²) < 4.78 is 14.4. The predicted molar refractivity (Wildman–Crippen MR) is 94.5 cm³/mol. The van der Waals surface area contributed by atoms with Crippen LogP contribution in [0.1, 0.15) is 35.7 Å². The van der Waals surface area contributed by atoms with Crippen LogP contribution in [0.2, 0.25) is 0 Å². The molecule has 1 aliphatic rings. The van der Waals surface area contributed by atoms with Crippen molar-refractivity contribution in [3.63, 3.8) is 0 Å². The standard InChI is InChI=1S/C20H23FN2O/c1-13-3-5-15(6-4-13)16-7-8-18(19(21)12-16)20(24)23-17-9-10-22-14(2)11-17/h3-8,12,14,17,22H,9-11H2,1-2H3,(H,23,24). The molecular formula is C20H23FN2O. The summed E-state index contributed by atoms with van der Waals surface area (Å²) in [6.45, 7) is 4.98. The first-order valence-corrected chi connectivity index (χ1v) is 8.44. The Balaban J connectivity index is 1.74. The molecule has 2 atom stereocenters. The number of hydrogen-bond acceptors (Lipinski definition) is 2. The molecule has 2 aromatic carbocycles. The SMILES string of the molecule is Cc1ccc(-c2ccc(C(=O)NC3CCNC(C)C3)c(F)c2)cc1. The number of benzene rings is 2. The van der Waals surface area contributed by atoms with Crippen molar-refractivity contribution in [2.45, 2.75) is 38.8 Å². The van der Waals surface area contributed by atoms with Crippen LogP contribution in [-0.2, 0) is 0 Å². The van der Waals surface area contributed by atoms with Crippen LogP contribution in [0.4, 0.5) is 4.39 Å². The lowest BCUT2D eigenvalue weighted by Crippen LogP contribution is -2.46. The Labute approximate surface area is 142 Å². The van der Waals surface area contributed by atoms with Gasteiger partial charge in [0.2, 0.25) is 0 Å². The fourth-order valence-corrected chi connectivity index (χ4v) is 3.15. The molecule has 3 rings (SSSR count). The average molecular weight is 326 g/mol. The molecule has 1 amide bonds. The minimum atomic E-state index is -0.479. The first-order chi connectivity index (χ1) is 11.5. The summed E-state index contributed by atoms with van der Waals surface area (Å²) in [7, 11) is 0. The third-order valence-corrected chi connectivity index (χ3v) is 4.56. The molecule has 0 spiro atoms. The summed E-state index contributed by atoms with van der Waals surface area (Å²) in [5.41, 5.74) is 2.99. The highest BCUT2D eigenvalue weighted by Crippen LogP contribution is 2.22. The highest BCUT2D eigenvalue weighted by atomic mass is 19.1. The van der Waals surface area contributed by atoms with Crippen molar-refractivity contribution >= 4 is 5.91 Å². The lowest BCUT2D eigenvalue weighted by atomic mass is 9.99. The second-order valence-corrected chi connectivity index (χ2v) is 6.61. The van der Waals surface area contributed by atoms with E-state index in [0.29, 0.717) is 6.04 Å². The Morgan fingerprint density at radius 1 is 1.17 bits per heavy atom. The molecule has 24 heavy (non-hydrogen) atoms. The van der Waals surface area contributed by atoms with Crippen molar-refractivity contribution in [3.8, 4) is 11.1 Å². The molecule has 1 saturated heterocycles. The second-order valence-electron chi connectivity index (χ2n) is 6.61. The summed E-state index contributed by atoms with van der Waals surface area (Å²) in [4.78, 5) is 12.4. The van der Waals surface area contributed by atoms with Gasteiger partial charge in [-0.1, -0.05) is 35.9 Å². The summed E-state index contributed by atoms with van der Waals surface area (Å²) in [5, 5.41) is 6.29. The maximum absolute atomic E-state index is 14.4. The molecular weight excluding hydrogens is 303 g/mol. The van der Waals surface area contributed by atoms with E-state index >= 15 is 0 Å². The number of nitrogens with one attached hydrogen (secondary N) is 2. The van der Waals surface area contributed by atoms with E-state index in [1.165, 1.54) is 6.07 Å². The molecule has 2 aromatic rings. The molecule has 0 aliphatic carbocycles. The monoisotopic (exact) mass is 326 g/mol. The first kappa shape index (κ1) is 16.7. The summed E-state index contributed by atoms with van der Waals surface area (Å²) in [6.07, 6.45) is 1.74. The fourth-order valence-electron chi connectivity index (χ4n) is 3.15. The van der Waals surface area contributed by atoms with Crippen molar-refractivity contribution in [2.24, 2.45) is 0 Å². The Hall–Kier alpha value is -2.20. The van der Waals surface area contributed by atoms with Crippen LogP contribution >= 0.6 is 0 Å². The quantitative estimate of drug-likeness (QED) is 0.903. The van der Waals surface area contributed by atoms with Crippen molar-refractivity contribution < 1.29 is 9.18 Å². The number of halogens is 1. The Bertz CT molecular complexity index is 727. The number of carbonyl (C=O) groups excluding carboxylic acids is 1. The van der Waals surface area contributed by atoms with Gasteiger partial charge >= 0.3 is 0 Å². The van der Waals surface area contributed by atoms with Gasteiger partial charge in [0.15, 0.2) is 0 Å². The molecule has 0 radical (unpaired) electrons. The van der Waals surface area contributed by atoms with E-state index in [4.69, 9.17) is 0 Å². The summed E-state index contributed by atoms with van der Waals surface area (Å²) in [6, 6.07) is 13.2. The van der Waals surface area contributed by atoms with Gasteiger partial charge in [-0.2, -0.15) is 0 Å². The third kappa shape index (κ3) is 3.82. The highest BCUT2D eigenvalue weighted by Gasteiger charge is 2.22. The number of amides is 1. The van der Waals surface area contributed by atoms with Crippen LogP contribution < -0.4 is 10.6 Å². The molecule has 1 fully saturated rings. The zero-order valence-electron chi connectivity index (χ0n) is 14.1. The van der Waals surface area contributed by atoms with E-state index in [2.05, 4.69) is 17.6 Å². The van der Waals surface area contributed by atoms with E-state index in [1.807, 2.05) is 31.2 Å². The molecule has 0 aromatic heterocycles. The van der Waals surface area contributed by atoms with E-state index in [0.717, 1.165) is 36.1 Å². The molecule has 1 heterocycles. The first-order valence-electron chi connectivity index (χ1n) is 8.44. The topological polar surface area (TPSA) is 41.1 Å². The summed E-state index contributed by atoms with van der Waals surface area (Å²) >= 11 is 0. The molecule has 3 nitrogen and oxygen atoms in total. The number of carbonyl (C=O) groups is 1. The second kappa shape index (κ2) is 7.14. The summed E-state index contributed by atoms with van der Waals surface area (Å²) in [5.74, 6) is -0.811. The highest BCUT2D eigenvalue weighted by molar-refractivity contribution is 5.95. The van der Waals surface area contributed by atoms with Gasteiger partial charge in [0.1, 0.15) is 5.82 Å². The van der Waals surface area contributed by atoms with Crippen molar-refractivity contribution in [2.75, 3.05) is 6.54 Å². The van der Waals surface area contributed by atoms with Gasteiger partial charge in [-0.25, -0.2) is 4.39 Å². The smallest absolute Gasteiger partial charge is 0.254 e. The van der Waals surface area contributed by atoms with E-state index < -0.39 is 5.82 Å². The Kier molecular flexibility index (Phi) is 4.95. The normalized spacial score (nSPS) is 20.6. The van der Waals surface area contributed by atoms with Crippen LogP contribution in [0.25, 0.3) is 11.1 Å². The van der Waals surface area contributed by atoms with Crippen LogP contribution in [0.15, 0.2) is 42.5 Å². The molecule has 2 unspecified atom stereocenters. The predicted octanol–water partition coefficient (Wildman–Crippen LogP) is 3.67. The lowest BCUT2D eigenvalue weighted by Gasteiger charge is -2.28. The Morgan fingerprint density at radius 2 is 1.88 bits per heavy atom. The molecule has 2 N–H and O–H groups in total. The van der Waals surface area contributed by atoms with Crippen molar-refractivity contribution in [3.05, 3.63) is 59.4 Å². The van der Waals surface area contributed by atoms with Gasteiger partial charge in [0.05, 0.1) is 5.56 Å². The van der Waals surface area contributed by atoms with Crippen LogP contribution in [0.5, 0.6) is 0 Å². The minimum absolute atomic E-state index is 0.102. The number of rotatable bonds is 3. The fraction of sp³-hybridized carbons (Fsp3) is 0.350.